The van der Waals surface area contributed by atoms with Crippen LogP contribution in [0.5, 0.6) is 5.75 Å². The first-order valence-electron chi connectivity index (χ1n) is 10.2. The van der Waals surface area contributed by atoms with E-state index in [1.165, 1.54) is 31.5 Å². The van der Waals surface area contributed by atoms with E-state index in [9.17, 15) is 4.79 Å². The molecule has 3 rings (SSSR count). The maximum atomic E-state index is 12.0. The van der Waals surface area contributed by atoms with Gasteiger partial charge in [-0.15, -0.1) is 0 Å². The van der Waals surface area contributed by atoms with E-state index in [0.29, 0.717) is 24.4 Å². The van der Waals surface area contributed by atoms with Gasteiger partial charge in [-0.2, -0.15) is 0 Å². The number of amides is 1. The zero-order valence-electron chi connectivity index (χ0n) is 16.6. The van der Waals surface area contributed by atoms with Gasteiger partial charge in [0.1, 0.15) is 5.75 Å². The van der Waals surface area contributed by atoms with Crippen LogP contribution in [0.3, 0.4) is 0 Å². The normalized spacial score (nSPS) is 23.1. The molecule has 0 radical (unpaired) electrons. The molecule has 0 spiro atoms. The summed E-state index contributed by atoms with van der Waals surface area (Å²) >= 11 is 0. The van der Waals surface area contributed by atoms with Crippen LogP contribution < -0.4 is 4.74 Å². The average Bonchev–Trinajstić information content (AvgIpc) is 3.06. The van der Waals surface area contributed by atoms with Gasteiger partial charge < -0.3 is 9.64 Å². The first-order valence-corrected chi connectivity index (χ1v) is 10.2. The molecule has 4 nitrogen and oxygen atoms in total. The van der Waals surface area contributed by atoms with Crippen LogP contribution in [0.4, 0.5) is 0 Å². The van der Waals surface area contributed by atoms with E-state index < -0.39 is 0 Å². The highest BCUT2D eigenvalue weighted by Crippen LogP contribution is 2.32. The maximum absolute atomic E-state index is 12.0. The Kier molecular flexibility index (Phi) is 6.58. The van der Waals surface area contributed by atoms with Crippen molar-refractivity contribution >= 4 is 5.91 Å². The molecule has 26 heavy (non-hydrogen) atoms. The van der Waals surface area contributed by atoms with Crippen molar-refractivity contribution in [3.63, 3.8) is 0 Å². The molecule has 0 bridgehead atoms. The smallest absolute Gasteiger partial charge is 0.222 e. The second-order valence-electron chi connectivity index (χ2n) is 8.58. The zero-order chi connectivity index (χ0) is 18.5. The summed E-state index contributed by atoms with van der Waals surface area (Å²) in [5, 5.41) is 0. The van der Waals surface area contributed by atoms with E-state index in [4.69, 9.17) is 4.74 Å². The minimum atomic E-state index is 0.262. The summed E-state index contributed by atoms with van der Waals surface area (Å²) in [6.07, 6.45) is 5.72. The van der Waals surface area contributed by atoms with Crippen molar-refractivity contribution in [1.29, 1.82) is 0 Å². The van der Waals surface area contributed by atoms with Crippen LogP contribution in [0.1, 0.15) is 51.5 Å². The number of ether oxygens (including phenoxy) is 1. The molecule has 144 valence electrons. The Bertz CT molecular complexity index is 572. The molecule has 2 aliphatic rings. The summed E-state index contributed by atoms with van der Waals surface area (Å²) in [6, 6.07) is 8.61. The summed E-state index contributed by atoms with van der Waals surface area (Å²) in [4.78, 5) is 16.5. The van der Waals surface area contributed by atoms with Crippen LogP contribution in [0.15, 0.2) is 24.3 Å². The lowest BCUT2D eigenvalue weighted by atomic mass is 9.82. The molecular formula is C22H34N2O2. The third-order valence-corrected chi connectivity index (χ3v) is 5.56. The second kappa shape index (κ2) is 8.90. The standard InChI is InChI=1S/C22H34N2O2/c1-17(2)12-22(25)23(3)15-19-13-21(14-19)26-20-8-6-18(7-9-20)16-24-10-4-5-11-24/h6-9,17,19,21H,4-5,10-16H2,1-3H3. The van der Waals surface area contributed by atoms with Crippen LogP contribution in [-0.4, -0.2) is 48.5 Å². The fourth-order valence-corrected chi connectivity index (χ4v) is 3.98. The summed E-state index contributed by atoms with van der Waals surface area (Å²) in [6.45, 7) is 8.57. The van der Waals surface area contributed by atoms with Crippen molar-refractivity contribution in [2.24, 2.45) is 11.8 Å². The number of benzene rings is 1. The van der Waals surface area contributed by atoms with E-state index in [2.05, 4.69) is 43.0 Å². The van der Waals surface area contributed by atoms with Crippen molar-refractivity contribution in [2.75, 3.05) is 26.7 Å². The van der Waals surface area contributed by atoms with Gasteiger partial charge in [0.2, 0.25) is 5.91 Å². The van der Waals surface area contributed by atoms with Gasteiger partial charge in [0.15, 0.2) is 0 Å². The van der Waals surface area contributed by atoms with Gasteiger partial charge in [0.25, 0.3) is 0 Å². The van der Waals surface area contributed by atoms with Crippen molar-refractivity contribution in [1.82, 2.24) is 9.80 Å². The van der Waals surface area contributed by atoms with Crippen LogP contribution >= 0.6 is 0 Å². The summed E-state index contributed by atoms with van der Waals surface area (Å²) < 4.78 is 6.10. The maximum Gasteiger partial charge on any atom is 0.222 e. The van der Waals surface area contributed by atoms with Crippen LogP contribution in [0.25, 0.3) is 0 Å². The van der Waals surface area contributed by atoms with Gasteiger partial charge in [0, 0.05) is 26.6 Å². The fraction of sp³-hybridized carbons (Fsp3) is 0.682. The van der Waals surface area contributed by atoms with Crippen LogP contribution in [0.2, 0.25) is 0 Å². The number of nitrogens with zero attached hydrogens (tertiary/aromatic N) is 2. The predicted molar refractivity (Wildman–Crippen MR) is 105 cm³/mol. The lowest BCUT2D eigenvalue weighted by Crippen LogP contribution is -2.42. The molecule has 0 atom stereocenters. The molecule has 0 unspecified atom stereocenters. The number of hydrogen-bond donors (Lipinski definition) is 0. The number of rotatable bonds is 8. The highest BCUT2D eigenvalue weighted by molar-refractivity contribution is 5.76. The molecule has 1 aromatic rings. The minimum absolute atomic E-state index is 0.262. The number of likely N-dealkylation sites (tertiary alicyclic amines) is 1. The Labute approximate surface area is 158 Å². The summed E-state index contributed by atoms with van der Waals surface area (Å²) in [7, 11) is 1.93. The highest BCUT2D eigenvalue weighted by Gasteiger charge is 2.32. The third-order valence-electron chi connectivity index (χ3n) is 5.56. The third kappa shape index (κ3) is 5.47. The van der Waals surface area contributed by atoms with Gasteiger partial charge in [0.05, 0.1) is 6.10 Å². The molecule has 1 saturated heterocycles. The molecule has 1 aliphatic heterocycles. The van der Waals surface area contributed by atoms with E-state index in [1.54, 1.807) is 0 Å². The average molecular weight is 359 g/mol. The Morgan fingerprint density at radius 2 is 1.85 bits per heavy atom. The lowest BCUT2D eigenvalue weighted by molar-refractivity contribution is -0.132. The fourth-order valence-electron chi connectivity index (χ4n) is 3.98. The topological polar surface area (TPSA) is 32.8 Å². The first-order chi connectivity index (χ1) is 12.5. The van der Waals surface area contributed by atoms with Crippen molar-refractivity contribution in [3.05, 3.63) is 29.8 Å². The van der Waals surface area contributed by atoms with E-state index in [1.807, 2.05) is 11.9 Å². The molecule has 0 aromatic heterocycles. The molecule has 4 heteroatoms. The molecule has 1 amide bonds. The second-order valence-corrected chi connectivity index (χ2v) is 8.58. The van der Waals surface area contributed by atoms with Gasteiger partial charge in [-0.05, 0) is 68.3 Å². The lowest BCUT2D eigenvalue weighted by Gasteiger charge is -2.37. The van der Waals surface area contributed by atoms with E-state index in [-0.39, 0.29) is 5.91 Å². The Morgan fingerprint density at radius 3 is 2.46 bits per heavy atom. The van der Waals surface area contributed by atoms with Gasteiger partial charge in [-0.25, -0.2) is 0 Å². The molecule has 2 fully saturated rings. The Morgan fingerprint density at radius 1 is 1.19 bits per heavy atom. The predicted octanol–water partition coefficient (Wildman–Crippen LogP) is 3.94. The molecule has 1 heterocycles. The molecule has 1 saturated carbocycles. The van der Waals surface area contributed by atoms with E-state index >= 15 is 0 Å². The SMILES string of the molecule is CC(C)CC(=O)N(C)CC1CC(Oc2ccc(CN3CCCC3)cc2)C1. The van der Waals surface area contributed by atoms with Crippen LogP contribution in [-0.2, 0) is 11.3 Å². The number of hydrogen-bond acceptors (Lipinski definition) is 3. The quantitative estimate of drug-likeness (QED) is 0.705. The minimum Gasteiger partial charge on any atom is -0.490 e. The largest absolute Gasteiger partial charge is 0.490 e. The molecule has 1 aliphatic carbocycles. The molecular weight excluding hydrogens is 324 g/mol. The first kappa shape index (κ1) is 19.2. The summed E-state index contributed by atoms with van der Waals surface area (Å²) in [5.74, 6) is 2.24. The van der Waals surface area contributed by atoms with Gasteiger partial charge >= 0.3 is 0 Å². The molecule has 0 N–H and O–H groups in total. The van der Waals surface area contributed by atoms with Crippen molar-refractivity contribution < 1.29 is 9.53 Å². The summed E-state index contributed by atoms with van der Waals surface area (Å²) in [5.41, 5.74) is 1.37. The zero-order valence-corrected chi connectivity index (χ0v) is 16.6. The highest BCUT2D eigenvalue weighted by atomic mass is 16.5. The molecule has 1 aromatic carbocycles. The Balaban J connectivity index is 1.36. The van der Waals surface area contributed by atoms with E-state index in [0.717, 1.165) is 31.7 Å². The van der Waals surface area contributed by atoms with Crippen molar-refractivity contribution in [3.8, 4) is 5.75 Å². The van der Waals surface area contributed by atoms with Gasteiger partial charge in [-0.3, -0.25) is 9.69 Å². The van der Waals surface area contributed by atoms with Gasteiger partial charge in [-0.1, -0.05) is 26.0 Å². The Hall–Kier alpha value is -1.55. The number of carbonyl (C=O) groups is 1. The monoisotopic (exact) mass is 358 g/mol. The van der Waals surface area contributed by atoms with Crippen molar-refractivity contribution in [2.45, 2.75) is 58.6 Å². The van der Waals surface area contributed by atoms with Crippen LogP contribution in [0, 0.1) is 11.8 Å². The number of carbonyl (C=O) groups excluding carboxylic acids is 1.